The van der Waals surface area contributed by atoms with E-state index in [0.29, 0.717) is 6.54 Å². The first-order valence-corrected chi connectivity index (χ1v) is 9.44. The van der Waals surface area contributed by atoms with Crippen LogP contribution in [0.2, 0.25) is 0 Å². The van der Waals surface area contributed by atoms with Gasteiger partial charge in [0, 0.05) is 12.1 Å². The molecule has 1 amide bonds. The molecule has 0 fully saturated rings. The molecule has 0 aliphatic heterocycles. The first-order valence-electron chi connectivity index (χ1n) is 8.50. The van der Waals surface area contributed by atoms with Gasteiger partial charge in [0.25, 0.3) is 5.91 Å². The lowest BCUT2D eigenvalue weighted by molar-refractivity contribution is -0.137. The van der Waals surface area contributed by atoms with Crippen LogP contribution in [0.1, 0.15) is 27.7 Å². The highest BCUT2D eigenvalue weighted by molar-refractivity contribution is 7.07. The first kappa shape index (κ1) is 20.2. The molecule has 1 atom stereocenters. The maximum absolute atomic E-state index is 12.9. The molecule has 0 radical (unpaired) electrons. The average Bonchev–Trinajstić information content (AvgIpc) is 3.33. The van der Waals surface area contributed by atoms with Crippen LogP contribution in [0.3, 0.4) is 0 Å². The topological polar surface area (TPSA) is 45.5 Å². The summed E-state index contributed by atoms with van der Waals surface area (Å²) in [6.45, 7) is 0.377. The van der Waals surface area contributed by atoms with Crippen LogP contribution in [0.25, 0.3) is 11.3 Å². The smallest absolute Gasteiger partial charge is 0.416 e. The van der Waals surface area contributed by atoms with Crippen LogP contribution in [-0.2, 0) is 6.18 Å². The number of furan rings is 1. The summed E-state index contributed by atoms with van der Waals surface area (Å²) in [7, 11) is 3.85. The van der Waals surface area contributed by atoms with Crippen molar-refractivity contribution < 1.29 is 22.4 Å². The molecular weight excluding hydrogens is 389 g/mol. The lowest BCUT2D eigenvalue weighted by Gasteiger charge is -2.23. The fourth-order valence-electron chi connectivity index (χ4n) is 2.80. The number of halogens is 3. The molecule has 1 aromatic carbocycles. The number of benzene rings is 1. The van der Waals surface area contributed by atoms with Gasteiger partial charge in [-0.05, 0) is 60.8 Å². The standard InChI is InChI=1S/C20H19F3N2O2S/c1-25(2)16(14-8-9-28-12-14)11-24-19(26)18-7-6-17(27-18)13-4-3-5-15(10-13)20(21,22)23/h3-10,12,16H,11H2,1-2H3,(H,24,26)/t16-/m1/s1. The third-order valence-electron chi connectivity index (χ3n) is 4.31. The van der Waals surface area contributed by atoms with Crippen molar-refractivity contribution >= 4 is 17.2 Å². The molecule has 0 aliphatic carbocycles. The second-order valence-electron chi connectivity index (χ2n) is 6.49. The number of hydrogen-bond donors (Lipinski definition) is 1. The predicted octanol–water partition coefficient (Wildman–Crippen LogP) is 5.06. The van der Waals surface area contributed by atoms with Crippen molar-refractivity contribution in [2.45, 2.75) is 12.2 Å². The van der Waals surface area contributed by atoms with Gasteiger partial charge in [-0.1, -0.05) is 12.1 Å². The Morgan fingerprint density at radius 2 is 2.00 bits per heavy atom. The van der Waals surface area contributed by atoms with Gasteiger partial charge >= 0.3 is 6.18 Å². The van der Waals surface area contributed by atoms with Gasteiger partial charge in [-0.3, -0.25) is 4.79 Å². The van der Waals surface area contributed by atoms with Crippen LogP contribution in [0.15, 0.2) is 57.6 Å². The SMILES string of the molecule is CN(C)[C@H](CNC(=O)c1ccc(-c2cccc(C(F)(F)F)c2)o1)c1ccsc1. The predicted molar refractivity (Wildman–Crippen MR) is 102 cm³/mol. The summed E-state index contributed by atoms with van der Waals surface area (Å²) in [5.74, 6) is -0.159. The van der Waals surface area contributed by atoms with E-state index in [0.717, 1.165) is 17.7 Å². The summed E-state index contributed by atoms with van der Waals surface area (Å²) in [4.78, 5) is 14.4. The van der Waals surface area contributed by atoms with Gasteiger partial charge in [0.05, 0.1) is 11.6 Å². The number of likely N-dealkylation sites (N-methyl/N-ethyl adjacent to an activating group) is 1. The van der Waals surface area contributed by atoms with Crippen molar-refractivity contribution in [3.8, 4) is 11.3 Å². The zero-order chi connectivity index (χ0) is 20.3. The number of nitrogens with one attached hydrogen (secondary N) is 1. The Balaban J connectivity index is 1.71. The fourth-order valence-corrected chi connectivity index (χ4v) is 3.51. The van der Waals surface area contributed by atoms with Crippen LogP contribution in [-0.4, -0.2) is 31.4 Å². The number of carbonyl (C=O) groups is 1. The van der Waals surface area contributed by atoms with Gasteiger partial charge in [0.1, 0.15) is 5.76 Å². The van der Waals surface area contributed by atoms with Crippen LogP contribution in [0.5, 0.6) is 0 Å². The summed E-state index contributed by atoms with van der Waals surface area (Å²) in [6.07, 6.45) is -4.44. The highest BCUT2D eigenvalue weighted by Crippen LogP contribution is 2.32. The minimum Gasteiger partial charge on any atom is -0.451 e. The molecule has 3 aromatic rings. The Morgan fingerprint density at radius 3 is 2.64 bits per heavy atom. The Labute approximate surface area is 164 Å². The minimum atomic E-state index is -4.44. The van der Waals surface area contributed by atoms with Gasteiger partial charge in [-0.15, -0.1) is 0 Å². The van der Waals surface area contributed by atoms with Crippen molar-refractivity contribution in [2.24, 2.45) is 0 Å². The molecule has 0 saturated heterocycles. The number of thiophene rings is 1. The zero-order valence-electron chi connectivity index (χ0n) is 15.3. The van der Waals surface area contributed by atoms with Crippen LogP contribution in [0, 0.1) is 0 Å². The van der Waals surface area contributed by atoms with E-state index in [1.54, 1.807) is 11.3 Å². The molecule has 0 unspecified atom stereocenters. The molecule has 2 aromatic heterocycles. The summed E-state index contributed by atoms with van der Waals surface area (Å²) < 4.78 is 44.1. The van der Waals surface area contributed by atoms with Crippen molar-refractivity contribution in [1.82, 2.24) is 10.2 Å². The summed E-state index contributed by atoms with van der Waals surface area (Å²) in [6, 6.07) is 9.77. The van der Waals surface area contributed by atoms with Gasteiger partial charge in [0.15, 0.2) is 5.76 Å². The van der Waals surface area contributed by atoms with E-state index in [9.17, 15) is 18.0 Å². The number of carbonyl (C=O) groups excluding carboxylic acids is 1. The first-order chi connectivity index (χ1) is 13.3. The van der Waals surface area contributed by atoms with E-state index in [2.05, 4.69) is 5.32 Å². The van der Waals surface area contributed by atoms with E-state index in [4.69, 9.17) is 4.42 Å². The van der Waals surface area contributed by atoms with E-state index < -0.39 is 17.6 Å². The van der Waals surface area contributed by atoms with Crippen molar-refractivity contribution in [3.05, 3.63) is 70.1 Å². The lowest BCUT2D eigenvalue weighted by Crippen LogP contribution is -2.34. The van der Waals surface area contributed by atoms with E-state index in [1.807, 2.05) is 35.8 Å². The second kappa shape index (κ2) is 8.20. The number of hydrogen-bond acceptors (Lipinski definition) is 4. The molecule has 2 heterocycles. The Bertz CT molecular complexity index is 933. The van der Waals surface area contributed by atoms with Gasteiger partial charge < -0.3 is 14.6 Å². The Hall–Kier alpha value is -2.58. The molecule has 0 bridgehead atoms. The van der Waals surface area contributed by atoms with Crippen molar-refractivity contribution in [2.75, 3.05) is 20.6 Å². The number of alkyl halides is 3. The van der Waals surface area contributed by atoms with E-state index in [1.165, 1.54) is 24.3 Å². The molecule has 4 nitrogen and oxygen atoms in total. The highest BCUT2D eigenvalue weighted by Gasteiger charge is 2.30. The molecule has 3 rings (SSSR count). The minimum absolute atomic E-state index is 0.00750. The second-order valence-corrected chi connectivity index (χ2v) is 7.27. The molecule has 0 aliphatic rings. The molecule has 28 heavy (non-hydrogen) atoms. The van der Waals surface area contributed by atoms with Crippen LogP contribution < -0.4 is 5.32 Å². The number of rotatable bonds is 6. The summed E-state index contributed by atoms with van der Waals surface area (Å²) in [5.41, 5.74) is 0.592. The molecular formula is C20H19F3N2O2S. The molecule has 0 saturated carbocycles. The Morgan fingerprint density at radius 1 is 1.21 bits per heavy atom. The molecule has 0 spiro atoms. The molecule has 8 heteroatoms. The number of nitrogens with zero attached hydrogens (tertiary/aromatic N) is 1. The maximum atomic E-state index is 12.9. The Kier molecular flexibility index (Phi) is 5.90. The van der Waals surface area contributed by atoms with Crippen LogP contribution >= 0.6 is 11.3 Å². The third kappa shape index (κ3) is 4.63. The number of amides is 1. The van der Waals surface area contributed by atoms with Crippen LogP contribution in [0.4, 0.5) is 13.2 Å². The quantitative estimate of drug-likeness (QED) is 0.620. The zero-order valence-corrected chi connectivity index (χ0v) is 16.1. The lowest BCUT2D eigenvalue weighted by atomic mass is 10.1. The van der Waals surface area contributed by atoms with Crippen molar-refractivity contribution in [3.63, 3.8) is 0 Å². The highest BCUT2D eigenvalue weighted by atomic mass is 32.1. The maximum Gasteiger partial charge on any atom is 0.416 e. The van der Waals surface area contributed by atoms with E-state index in [-0.39, 0.29) is 23.1 Å². The monoisotopic (exact) mass is 408 g/mol. The van der Waals surface area contributed by atoms with Gasteiger partial charge in [-0.25, -0.2) is 0 Å². The largest absolute Gasteiger partial charge is 0.451 e. The third-order valence-corrected chi connectivity index (χ3v) is 5.01. The van der Waals surface area contributed by atoms with Gasteiger partial charge in [0.2, 0.25) is 0 Å². The summed E-state index contributed by atoms with van der Waals surface area (Å²) >= 11 is 1.58. The normalized spacial score (nSPS) is 12.9. The summed E-state index contributed by atoms with van der Waals surface area (Å²) in [5, 5.41) is 6.82. The van der Waals surface area contributed by atoms with Crippen molar-refractivity contribution in [1.29, 1.82) is 0 Å². The molecule has 1 N–H and O–H groups in total. The van der Waals surface area contributed by atoms with Gasteiger partial charge in [-0.2, -0.15) is 24.5 Å². The average molecular weight is 408 g/mol. The fraction of sp³-hybridized carbons (Fsp3) is 0.250. The molecule has 148 valence electrons. The van der Waals surface area contributed by atoms with E-state index >= 15 is 0 Å².